The van der Waals surface area contributed by atoms with E-state index in [0.717, 1.165) is 70.6 Å². The summed E-state index contributed by atoms with van der Waals surface area (Å²) >= 11 is 0. The predicted molar refractivity (Wildman–Crippen MR) is 277 cm³/mol. The first-order valence-corrected chi connectivity index (χ1v) is 29.3. The van der Waals surface area contributed by atoms with Gasteiger partial charge in [0.25, 0.3) is 0 Å². The Hall–Kier alpha value is -1.93. The molecule has 0 radical (unpaired) electrons. The van der Waals surface area contributed by atoms with E-state index in [9.17, 15) is 44.6 Å². The largest absolute Gasteiger partial charge is 0.472 e. The van der Waals surface area contributed by atoms with E-state index < -0.39 is 75.7 Å². The molecular weight excluding hydrogens is 900 g/mol. The lowest BCUT2D eigenvalue weighted by atomic mass is 9.85. The van der Waals surface area contributed by atoms with Gasteiger partial charge in [-0.25, -0.2) is 4.57 Å². The van der Waals surface area contributed by atoms with Crippen LogP contribution in [0.15, 0.2) is 36.5 Å². The average Bonchev–Trinajstić information content (AvgIpc) is 3.33. The molecule has 404 valence electrons. The quantitative estimate of drug-likeness (QED) is 0.0145. The maximum Gasteiger partial charge on any atom is 0.472 e. The number of esters is 2. The lowest BCUT2D eigenvalue weighted by Crippen LogP contribution is -2.64. The van der Waals surface area contributed by atoms with E-state index in [-0.39, 0.29) is 12.8 Å². The zero-order chi connectivity index (χ0) is 50.6. The molecular formula is C55H101O13P. The van der Waals surface area contributed by atoms with E-state index in [2.05, 4.69) is 50.3 Å². The van der Waals surface area contributed by atoms with Crippen LogP contribution in [0, 0.1) is 0 Å². The minimum Gasteiger partial charge on any atom is -0.462 e. The Morgan fingerprint density at radius 2 is 0.783 bits per heavy atom. The van der Waals surface area contributed by atoms with E-state index in [4.69, 9.17) is 18.5 Å². The van der Waals surface area contributed by atoms with Gasteiger partial charge in [0, 0.05) is 12.8 Å². The third-order valence-electron chi connectivity index (χ3n) is 13.0. The Bertz CT molecular complexity index is 1340. The number of unbranched alkanes of at least 4 members (excludes halogenated alkanes) is 29. The Kier molecular flexibility index (Phi) is 42.2. The Morgan fingerprint density at radius 1 is 0.449 bits per heavy atom. The summed E-state index contributed by atoms with van der Waals surface area (Å²) in [6.07, 6.45) is 40.5. The Labute approximate surface area is 418 Å². The molecule has 0 spiro atoms. The first kappa shape index (κ1) is 65.1. The van der Waals surface area contributed by atoms with E-state index in [0.29, 0.717) is 12.8 Å². The molecule has 1 saturated carbocycles. The summed E-state index contributed by atoms with van der Waals surface area (Å²) in [5.41, 5.74) is 0. The number of rotatable bonds is 47. The zero-order valence-electron chi connectivity index (χ0n) is 43.4. The highest BCUT2D eigenvalue weighted by Crippen LogP contribution is 2.47. The topological polar surface area (TPSA) is 210 Å². The first-order valence-electron chi connectivity index (χ1n) is 27.8. The third-order valence-corrected chi connectivity index (χ3v) is 14.0. The fraction of sp³-hybridized carbons (Fsp3) is 0.855. The standard InChI is InChI=1S/C55H101O13P/c1-3-5-7-9-11-13-15-17-19-21-22-23-24-25-26-28-30-32-34-36-38-40-42-44-49(57)67-47(46-66-69(63,64)68-55-53(61)51(59)50(58)52(60)54(55)62)45-65-48(56)43-41-39-37-35-33-31-29-27-20-18-16-14-12-10-8-6-4-2/h12,14,18,20,29,31,47,50-55,58-62H,3-11,13,15-17,19,21-28,30,32-46H2,1-2H3,(H,63,64)/b14-12+,20-18+,31-29+/t47-,50?,51-,52?,53?,54?,55?/m1/s1. The fourth-order valence-electron chi connectivity index (χ4n) is 8.53. The molecule has 0 aliphatic heterocycles. The van der Waals surface area contributed by atoms with Crippen molar-refractivity contribution in [2.45, 2.75) is 288 Å². The lowest BCUT2D eigenvalue weighted by molar-refractivity contribution is -0.220. The minimum atomic E-state index is -5.13. The van der Waals surface area contributed by atoms with Crippen molar-refractivity contribution in [1.29, 1.82) is 0 Å². The van der Waals surface area contributed by atoms with Crippen LogP contribution in [0.2, 0.25) is 0 Å². The number of allylic oxidation sites excluding steroid dienone is 6. The average molecular weight is 1000 g/mol. The number of phosphoric ester groups is 1. The third kappa shape index (κ3) is 36.6. The molecule has 14 heteroatoms. The van der Waals surface area contributed by atoms with Crippen LogP contribution in [-0.2, 0) is 32.7 Å². The van der Waals surface area contributed by atoms with E-state index in [1.165, 1.54) is 135 Å². The van der Waals surface area contributed by atoms with E-state index in [1.54, 1.807) is 0 Å². The summed E-state index contributed by atoms with van der Waals surface area (Å²) in [4.78, 5) is 35.9. The molecule has 6 unspecified atom stereocenters. The molecule has 69 heavy (non-hydrogen) atoms. The summed E-state index contributed by atoms with van der Waals surface area (Å²) in [5.74, 6) is -1.11. The fourth-order valence-corrected chi connectivity index (χ4v) is 9.50. The van der Waals surface area contributed by atoms with Crippen molar-refractivity contribution in [3.05, 3.63) is 36.5 Å². The van der Waals surface area contributed by atoms with Gasteiger partial charge in [0.1, 0.15) is 43.2 Å². The second kappa shape index (κ2) is 44.7. The number of aliphatic hydroxyl groups excluding tert-OH is 5. The van der Waals surface area contributed by atoms with E-state index in [1.807, 2.05) is 0 Å². The minimum absolute atomic E-state index is 0.0955. The molecule has 13 nitrogen and oxygen atoms in total. The van der Waals surface area contributed by atoms with Crippen molar-refractivity contribution in [3.63, 3.8) is 0 Å². The second-order valence-corrected chi connectivity index (χ2v) is 20.9. The van der Waals surface area contributed by atoms with Crippen LogP contribution < -0.4 is 0 Å². The molecule has 0 saturated heterocycles. The van der Waals surface area contributed by atoms with E-state index >= 15 is 0 Å². The molecule has 0 aromatic carbocycles. The van der Waals surface area contributed by atoms with Gasteiger partial charge in [0.05, 0.1) is 6.61 Å². The maximum absolute atomic E-state index is 12.9. The van der Waals surface area contributed by atoms with Gasteiger partial charge in [-0.3, -0.25) is 18.6 Å². The van der Waals surface area contributed by atoms with Gasteiger partial charge in [0.2, 0.25) is 0 Å². The SMILES string of the molecule is CCCCC/C=C/C/C=C/C/C=C/CCCCCCC(=O)OC[C@H](COP(=O)(O)OC1C(O)C(O)C(O)[C@@H](O)C1O)OC(=O)CCCCCCCCCCCCCCCCCCCCCCCCC. The monoisotopic (exact) mass is 1000 g/mol. The van der Waals surface area contributed by atoms with Gasteiger partial charge in [-0.2, -0.15) is 0 Å². The van der Waals surface area contributed by atoms with Crippen LogP contribution in [0.1, 0.15) is 245 Å². The molecule has 8 atom stereocenters. The Morgan fingerprint density at radius 3 is 1.22 bits per heavy atom. The summed E-state index contributed by atoms with van der Waals surface area (Å²) in [5, 5.41) is 50.3. The molecule has 0 aromatic heterocycles. The molecule has 1 aliphatic carbocycles. The van der Waals surface area contributed by atoms with Crippen LogP contribution in [0.5, 0.6) is 0 Å². The number of hydrogen-bond donors (Lipinski definition) is 6. The summed E-state index contributed by atoms with van der Waals surface area (Å²) in [7, 11) is -5.13. The van der Waals surface area contributed by atoms with Gasteiger partial charge >= 0.3 is 19.8 Å². The molecule has 0 heterocycles. The summed E-state index contributed by atoms with van der Waals surface area (Å²) in [6.45, 7) is 3.30. The Balaban J connectivity index is 2.35. The predicted octanol–water partition coefficient (Wildman–Crippen LogP) is 12.5. The van der Waals surface area contributed by atoms with Crippen molar-refractivity contribution in [2.24, 2.45) is 0 Å². The highest BCUT2D eigenvalue weighted by molar-refractivity contribution is 7.47. The van der Waals surface area contributed by atoms with Gasteiger partial charge < -0.3 is 39.9 Å². The van der Waals surface area contributed by atoms with Crippen molar-refractivity contribution in [2.75, 3.05) is 13.2 Å². The first-order chi connectivity index (χ1) is 33.4. The van der Waals surface area contributed by atoms with Crippen molar-refractivity contribution in [3.8, 4) is 0 Å². The van der Waals surface area contributed by atoms with Crippen molar-refractivity contribution in [1.82, 2.24) is 0 Å². The normalized spacial score (nSPS) is 21.1. The van der Waals surface area contributed by atoms with Crippen LogP contribution in [0.4, 0.5) is 0 Å². The summed E-state index contributed by atoms with van der Waals surface area (Å²) < 4.78 is 33.7. The van der Waals surface area contributed by atoms with Crippen LogP contribution in [0.25, 0.3) is 0 Å². The van der Waals surface area contributed by atoms with Crippen molar-refractivity contribution < 1.29 is 63.1 Å². The second-order valence-electron chi connectivity index (χ2n) is 19.4. The highest BCUT2D eigenvalue weighted by Gasteiger charge is 2.51. The molecule has 1 aliphatic rings. The number of carbonyl (C=O) groups is 2. The number of carbonyl (C=O) groups excluding carboxylic acids is 2. The molecule has 1 fully saturated rings. The summed E-state index contributed by atoms with van der Waals surface area (Å²) in [6, 6.07) is 0. The smallest absolute Gasteiger partial charge is 0.462 e. The molecule has 0 aromatic rings. The number of ether oxygens (including phenoxy) is 2. The molecule has 0 bridgehead atoms. The lowest BCUT2D eigenvalue weighted by Gasteiger charge is -2.41. The van der Waals surface area contributed by atoms with Crippen LogP contribution >= 0.6 is 7.82 Å². The molecule has 0 amide bonds. The highest BCUT2D eigenvalue weighted by atomic mass is 31.2. The maximum atomic E-state index is 12.9. The molecule has 6 N–H and O–H groups in total. The van der Waals surface area contributed by atoms with Crippen LogP contribution in [-0.4, -0.2) is 98.3 Å². The van der Waals surface area contributed by atoms with Crippen LogP contribution in [0.3, 0.4) is 0 Å². The van der Waals surface area contributed by atoms with Crippen molar-refractivity contribution >= 4 is 19.8 Å². The molecule has 1 rings (SSSR count). The van der Waals surface area contributed by atoms with Gasteiger partial charge in [-0.1, -0.05) is 217 Å². The number of aliphatic hydroxyl groups is 5. The number of hydrogen-bond acceptors (Lipinski definition) is 12. The van der Waals surface area contributed by atoms with Gasteiger partial charge in [-0.05, 0) is 51.4 Å². The van der Waals surface area contributed by atoms with Gasteiger partial charge in [0.15, 0.2) is 6.10 Å². The number of phosphoric acid groups is 1. The van der Waals surface area contributed by atoms with Gasteiger partial charge in [-0.15, -0.1) is 0 Å². The zero-order valence-corrected chi connectivity index (χ0v) is 44.3.